The van der Waals surface area contributed by atoms with Crippen LogP contribution in [0.1, 0.15) is 23.3 Å². The quantitative estimate of drug-likeness (QED) is 0.791. The van der Waals surface area contributed by atoms with Gasteiger partial charge in [0.25, 0.3) is 0 Å². The molecule has 1 saturated heterocycles. The van der Waals surface area contributed by atoms with Crippen LogP contribution in [0, 0.1) is 0 Å². The molecule has 21 heavy (non-hydrogen) atoms. The minimum absolute atomic E-state index is 0.275. The van der Waals surface area contributed by atoms with Gasteiger partial charge in [-0.15, -0.1) is 0 Å². The fourth-order valence-electron chi connectivity index (χ4n) is 3.02. The number of anilines is 1. The summed E-state index contributed by atoms with van der Waals surface area (Å²) >= 11 is 0. The third kappa shape index (κ3) is 2.04. The van der Waals surface area contributed by atoms with Gasteiger partial charge in [-0.25, -0.2) is 14.8 Å². The van der Waals surface area contributed by atoms with Crippen molar-refractivity contribution in [1.82, 2.24) is 20.3 Å². The molecule has 4 rings (SSSR count). The van der Waals surface area contributed by atoms with Gasteiger partial charge in [0.15, 0.2) is 0 Å². The smallest absolute Gasteiger partial charge is 0.354 e. The third-order valence-corrected chi connectivity index (χ3v) is 4.34. The number of aromatic amines is 1. The van der Waals surface area contributed by atoms with E-state index >= 15 is 0 Å². The zero-order valence-corrected chi connectivity index (χ0v) is 11.8. The first-order valence-corrected chi connectivity index (χ1v) is 7.13. The molecule has 1 saturated carbocycles. The lowest BCUT2D eigenvalue weighted by Gasteiger charge is -2.35. The van der Waals surface area contributed by atoms with Gasteiger partial charge >= 0.3 is 5.97 Å². The maximum atomic E-state index is 11.7. The first-order chi connectivity index (χ1) is 10.2. The molecule has 0 aromatic carbocycles. The molecular formula is C14H17N5O2. The summed E-state index contributed by atoms with van der Waals surface area (Å²) in [6.45, 7) is 2.82. The van der Waals surface area contributed by atoms with E-state index in [0.717, 1.165) is 30.8 Å². The zero-order valence-electron chi connectivity index (χ0n) is 11.8. The van der Waals surface area contributed by atoms with Gasteiger partial charge in [-0.2, -0.15) is 0 Å². The van der Waals surface area contributed by atoms with Gasteiger partial charge in [0.1, 0.15) is 23.5 Å². The Kier molecular flexibility index (Phi) is 2.65. The molecule has 1 aliphatic carbocycles. The molecule has 0 bridgehead atoms. The summed E-state index contributed by atoms with van der Waals surface area (Å²) in [7, 11) is 1.37. The Morgan fingerprint density at radius 1 is 1.43 bits per heavy atom. The number of ether oxygens (including phenoxy) is 1. The lowest BCUT2D eigenvalue weighted by atomic mass is 10.2. The Morgan fingerprint density at radius 2 is 2.29 bits per heavy atom. The van der Waals surface area contributed by atoms with E-state index in [9.17, 15) is 4.79 Å². The van der Waals surface area contributed by atoms with Crippen molar-refractivity contribution in [2.24, 2.45) is 0 Å². The van der Waals surface area contributed by atoms with E-state index < -0.39 is 5.97 Å². The summed E-state index contributed by atoms with van der Waals surface area (Å²) in [5.41, 5.74) is 1.35. The van der Waals surface area contributed by atoms with Crippen molar-refractivity contribution in [2.45, 2.75) is 18.4 Å². The van der Waals surface area contributed by atoms with Crippen LogP contribution in [-0.2, 0) is 4.74 Å². The standard InChI is InChI=1S/C14H17N5O2/c1-21-13(20)10-6-9-11(18-10)15-8-16-12(9)19-5-4-17-14(7-19)2-3-14/h6,8,17H,2-5,7H2,1H3,(H,15,16,18). The van der Waals surface area contributed by atoms with Crippen molar-refractivity contribution in [3.63, 3.8) is 0 Å². The normalized spacial score (nSPS) is 20.0. The van der Waals surface area contributed by atoms with Gasteiger partial charge in [0.05, 0.1) is 12.5 Å². The van der Waals surface area contributed by atoms with Crippen LogP contribution in [0.5, 0.6) is 0 Å². The number of hydrogen-bond donors (Lipinski definition) is 2. The molecule has 7 nitrogen and oxygen atoms in total. The van der Waals surface area contributed by atoms with Gasteiger partial charge in [-0.05, 0) is 18.9 Å². The largest absolute Gasteiger partial charge is 0.464 e. The predicted molar refractivity (Wildman–Crippen MR) is 77.4 cm³/mol. The number of carbonyl (C=O) groups excluding carboxylic acids is 1. The number of rotatable bonds is 2. The fourth-order valence-corrected chi connectivity index (χ4v) is 3.02. The van der Waals surface area contributed by atoms with E-state index in [2.05, 4.69) is 25.2 Å². The van der Waals surface area contributed by atoms with Crippen LogP contribution in [0.25, 0.3) is 11.0 Å². The number of methoxy groups -OCH3 is 1. The van der Waals surface area contributed by atoms with Crippen molar-refractivity contribution in [2.75, 3.05) is 31.6 Å². The first kappa shape index (κ1) is 12.6. The minimum atomic E-state index is -0.391. The van der Waals surface area contributed by atoms with Gasteiger partial charge in [-0.1, -0.05) is 0 Å². The minimum Gasteiger partial charge on any atom is -0.464 e. The van der Waals surface area contributed by atoms with Crippen molar-refractivity contribution < 1.29 is 9.53 Å². The van der Waals surface area contributed by atoms with E-state index in [1.807, 2.05) is 0 Å². The van der Waals surface area contributed by atoms with Gasteiger partial charge in [0, 0.05) is 25.2 Å². The first-order valence-electron chi connectivity index (χ1n) is 7.13. The molecule has 0 unspecified atom stereocenters. The lowest BCUT2D eigenvalue weighted by molar-refractivity contribution is 0.0595. The van der Waals surface area contributed by atoms with Gasteiger partial charge < -0.3 is 19.9 Å². The van der Waals surface area contributed by atoms with E-state index in [4.69, 9.17) is 4.74 Å². The highest BCUT2D eigenvalue weighted by Crippen LogP contribution is 2.39. The summed E-state index contributed by atoms with van der Waals surface area (Å²) in [5.74, 6) is 0.497. The van der Waals surface area contributed by atoms with Crippen molar-refractivity contribution >= 4 is 22.8 Å². The van der Waals surface area contributed by atoms with Crippen LogP contribution in [0.4, 0.5) is 5.82 Å². The second-order valence-electron chi connectivity index (χ2n) is 5.76. The monoisotopic (exact) mass is 287 g/mol. The third-order valence-electron chi connectivity index (χ3n) is 4.34. The lowest BCUT2D eigenvalue weighted by Crippen LogP contribution is -2.52. The molecule has 0 atom stereocenters. The Labute approximate surface area is 121 Å². The summed E-state index contributed by atoms with van der Waals surface area (Å²) in [6, 6.07) is 1.78. The number of carbonyl (C=O) groups is 1. The fraction of sp³-hybridized carbons (Fsp3) is 0.500. The number of nitrogens with zero attached hydrogens (tertiary/aromatic N) is 3. The Morgan fingerprint density at radius 3 is 3.05 bits per heavy atom. The number of nitrogens with one attached hydrogen (secondary N) is 2. The number of aromatic nitrogens is 3. The average molecular weight is 287 g/mol. The molecule has 3 heterocycles. The molecular weight excluding hydrogens is 270 g/mol. The van der Waals surface area contributed by atoms with Crippen LogP contribution in [0.2, 0.25) is 0 Å². The highest BCUT2D eigenvalue weighted by molar-refractivity contribution is 5.97. The molecule has 2 aromatic heterocycles. The second-order valence-corrected chi connectivity index (χ2v) is 5.76. The van der Waals surface area contributed by atoms with Crippen LogP contribution in [0.15, 0.2) is 12.4 Å². The predicted octanol–water partition coefficient (Wildman–Crippen LogP) is 0.687. The molecule has 0 amide bonds. The number of hydrogen-bond acceptors (Lipinski definition) is 6. The highest BCUT2D eigenvalue weighted by Gasteiger charge is 2.46. The van der Waals surface area contributed by atoms with Crippen LogP contribution >= 0.6 is 0 Å². The van der Waals surface area contributed by atoms with E-state index in [0.29, 0.717) is 11.3 Å². The molecule has 1 aliphatic heterocycles. The average Bonchev–Trinajstić information content (AvgIpc) is 3.10. The molecule has 0 radical (unpaired) electrons. The Bertz CT molecular complexity index is 706. The van der Waals surface area contributed by atoms with Crippen molar-refractivity contribution in [1.29, 1.82) is 0 Å². The van der Waals surface area contributed by atoms with E-state index in [1.54, 1.807) is 6.07 Å². The summed E-state index contributed by atoms with van der Waals surface area (Å²) in [4.78, 5) is 25.6. The highest BCUT2D eigenvalue weighted by atomic mass is 16.5. The molecule has 2 N–H and O–H groups in total. The van der Waals surface area contributed by atoms with Crippen LogP contribution < -0.4 is 10.2 Å². The summed E-state index contributed by atoms with van der Waals surface area (Å²) < 4.78 is 4.75. The molecule has 2 aliphatic rings. The maximum absolute atomic E-state index is 11.7. The number of piperazine rings is 1. The molecule has 110 valence electrons. The van der Waals surface area contributed by atoms with Crippen molar-refractivity contribution in [3.8, 4) is 0 Å². The summed E-state index contributed by atoms with van der Waals surface area (Å²) in [5, 5.41) is 4.45. The Balaban J connectivity index is 1.74. The molecule has 1 spiro atoms. The van der Waals surface area contributed by atoms with Crippen LogP contribution in [0.3, 0.4) is 0 Å². The maximum Gasteiger partial charge on any atom is 0.354 e. The number of esters is 1. The summed E-state index contributed by atoms with van der Waals surface area (Å²) in [6.07, 6.45) is 3.98. The van der Waals surface area contributed by atoms with E-state index in [-0.39, 0.29) is 5.54 Å². The van der Waals surface area contributed by atoms with Gasteiger partial charge in [-0.3, -0.25) is 0 Å². The molecule has 2 fully saturated rings. The van der Waals surface area contributed by atoms with Crippen LogP contribution in [-0.4, -0.2) is 53.2 Å². The number of fused-ring (bicyclic) bond motifs is 1. The Hall–Kier alpha value is -2.15. The topological polar surface area (TPSA) is 83.1 Å². The second kappa shape index (κ2) is 4.42. The molecule has 2 aromatic rings. The number of H-pyrrole nitrogens is 1. The zero-order chi connectivity index (χ0) is 14.4. The molecule has 7 heteroatoms. The van der Waals surface area contributed by atoms with E-state index in [1.165, 1.54) is 26.3 Å². The van der Waals surface area contributed by atoms with Crippen molar-refractivity contribution in [3.05, 3.63) is 18.1 Å². The van der Waals surface area contributed by atoms with Gasteiger partial charge in [0.2, 0.25) is 0 Å². The SMILES string of the molecule is COC(=O)c1cc2c(N3CCNC4(CC4)C3)ncnc2[nH]1.